The van der Waals surface area contributed by atoms with Crippen LogP contribution >= 0.6 is 11.8 Å². The predicted octanol–water partition coefficient (Wildman–Crippen LogP) is 3.29. The fourth-order valence-electron chi connectivity index (χ4n) is 4.05. The zero-order chi connectivity index (χ0) is 20.7. The molecule has 0 aliphatic carbocycles. The number of nitrogen functional groups attached to an aromatic ring is 1. The molecule has 2 aliphatic heterocycles. The van der Waals surface area contributed by atoms with E-state index in [0.717, 1.165) is 58.4 Å². The first-order valence-electron chi connectivity index (χ1n) is 10.2. The van der Waals surface area contributed by atoms with Crippen LogP contribution in [0.1, 0.15) is 17.8 Å². The van der Waals surface area contributed by atoms with Crippen molar-refractivity contribution in [2.24, 2.45) is 5.92 Å². The van der Waals surface area contributed by atoms with Gasteiger partial charge in [-0.15, -0.1) is 0 Å². The van der Waals surface area contributed by atoms with Gasteiger partial charge in [0.1, 0.15) is 23.5 Å². The molecule has 2 saturated heterocycles. The number of pyridine rings is 1. The number of anilines is 1. The van der Waals surface area contributed by atoms with Crippen LogP contribution in [0.25, 0.3) is 16.8 Å². The van der Waals surface area contributed by atoms with Crippen molar-refractivity contribution in [2.45, 2.75) is 18.9 Å². The van der Waals surface area contributed by atoms with E-state index >= 15 is 0 Å². The minimum Gasteiger partial charge on any atom is -0.493 e. The van der Waals surface area contributed by atoms with Gasteiger partial charge in [0, 0.05) is 67.0 Å². The van der Waals surface area contributed by atoms with Crippen LogP contribution in [-0.2, 0) is 15.1 Å². The molecule has 5 heterocycles. The van der Waals surface area contributed by atoms with E-state index < -0.39 is 5.60 Å². The first-order valence-corrected chi connectivity index (χ1v) is 11.3. The molecule has 5 rings (SSSR count). The van der Waals surface area contributed by atoms with Crippen LogP contribution in [0.2, 0.25) is 0 Å². The second kappa shape index (κ2) is 7.76. The molecule has 0 bridgehead atoms. The summed E-state index contributed by atoms with van der Waals surface area (Å²) >= 11 is 1.96. The average Bonchev–Trinajstić information content (AvgIpc) is 3.32. The molecule has 30 heavy (non-hydrogen) atoms. The van der Waals surface area contributed by atoms with E-state index in [4.69, 9.17) is 24.9 Å². The third-order valence-corrected chi connectivity index (χ3v) is 7.40. The lowest BCUT2D eigenvalue weighted by molar-refractivity contribution is -0.0247. The molecular weight excluding hydrogens is 400 g/mol. The summed E-state index contributed by atoms with van der Waals surface area (Å²) in [5, 5.41) is 0. The summed E-state index contributed by atoms with van der Waals surface area (Å²) < 4.78 is 19.8. The van der Waals surface area contributed by atoms with Gasteiger partial charge in [-0.05, 0) is 13.0 Å². The van der Waals surface area contributed by atoms with Crippen molar-refractivity contribution in [1.82, 2.24) is 14.4 Å². The van der Waals surface area contributed by atoms with Gasteiger partial charge in [0.25, 0.3) is 0 Å². The van der Waals surface area contributed by atoms with Crippen LogP contribution in [0.4, 0.5) is 5.82 Å². The van der Waals surface area contributed by atoms with Gasteiger partial charge in [0.15, 0.2) is 0 Å². The van der Waals surface area contributed by atoms with Gasteiger partial charge in [-0.1, -0.05) is 0 Å². The van der Waals surface area contributed by atoms with Crippen molar-refractivity contribution in [3.05, 3.63) is 42.0 Å². The Hall–Kier alpha value is -2.29. The molecule has 3 aromatic rings. The summed E-state index contributed by atoms with van der Waals surface area (Å²) in [7, 11) is 1.72. The lowest BCUT2D eigenvalue weighted by Crippen LogP contribution is -2.30. The molecule has 0 saturated carbocycles. The Morgan fingerprint density at radius 1 is 1.30 bits per heavy atom. The van der Waals surface area contributed by atoms with Crippen LogP contribution in [0.5, 0.6) is 5.75 Å². The molecule has 1 atom stereocenters. The van der Waals surface area contributed by atoms with Crippen molar-refractivity contribution in [2.75, 3.05) is 44.2 Å². The smallest absolute Gasteiger partial charge is 0.135 e. The third kappa shape index (κ3) is 3.42. The van der Waals surface area contributed by atoms with Crippen LogP contribution in [0.15, 0.2) is 30.6 Å². The predicted molar refractivity (Wildman–Crippen MR) is 118 cm³/mol. The molecule has 8 heteroatoms. The molecule has 0 spiro atoms. The summed E-state index contributed by atoms with van der Waals surface area (Å²) in [6.45, 7) is 3.92. The quantitative estimate of drug-likeness (QED) is 0.647. The Kier molecular flexibility index (Phi) is 5.08. The lowest BCUT2D eigenvalue weighted by atomic mass is 9.97. The number of thioether (sulfide) groups is 1. The van der Waals surface area contributed by atoms with Gasteiger partial charge in [0.2, 0.25) is 0 Å². The second-order valence-electron chi connectivity index (χ2n) is 8.06. The Balaban J connectivity index is 1.62. The molecule has 0 radical (unpaired) electrons. The largest absolute Gasteiger partial charge is 0.493 e. The van der Waals surface area contributed by atoms with E-state index in [1.54, 1.807) is 13.4 Å². The van der Waals surface area contributed by atoms with Crippen molar-refractivity contribution < 1.29 is 14.2 Å². The summed E-state index contributed by atoms with van der Waals surface area (Å²) in [5.74, 6) is 4.24. The van der Waals surface area contributed by atoms with E-state index in [2.05, 4.69) is 11.1 Å². The van der Waals surface area contributed by atoms with E-state index in [-0.39, 0.29) is 0 Å². The summed E-state index contributed by atoms with van der Waals surface area (Å²) in [4.78, 5) is 9.24. The Morgan fingerprint density at radius 3 is 2.87 bits per heavy atom. The number of aromatic nitrogens is 3. The fourth-order valence-corrected chi connectivity index (χ4v) is 4.81. The van der Waals surface area contributed by atoms with Crippen LogP contribution < -0.4 is 10.5 Å². The number of fused-ring (bicyclic) bond motifs is 1. The van der Waals surface area contributed by atoms with Gasteiger partial charge >= 0.3 is 0 Å². The molecule has 3 aromatic heterocycles. The van der Waals surface area contributed by atoms with Crippen LogP contribution in [0, 0.1) is 12.8 Å². The SMILES string of the molecule is CO[C@@]1(c2cc(OCC3CSC3)cc(-c3cc(C)n4cnc(N)cc34)n2)CCOC1. The van der Waals surface area contributed by atoms with Crippen molar-refractivity contribution in [1.29, 1.82) is 0 Å². The number of nitrogens with zero attached hydrogens (tertiary/aromatic N) is 3. The van der Waals surface area contributed by atoms with Gasteiger partial charge in [-0.25, -0.2) is 9.97 Å². The summed E-state index contributed by atoms with van der Waals surface area (Å²) in [6.07, 6.45) is 2.52. The first-order chi connectivity index (χ1) is 14.6. The number of hydrogen-bond donors (Lipinski definition) is 1. The Labute approximate surface area is 179 Å². The molecule has 2 aliphatic rings. The maximum atomic E-state index is 6.21. The van der Waals surface area contributed by atoms with Crippen molar-refractivity contribution in [3.63, 3.8) is 0 Å². The average molecular weight is 427 g/mol. The zero-order valence-electron chi connectivity index (χ0n) is 17.3. The number of aryl methyl sites for hydroxylation is 1. The van der Waals surface area contributed by atoms with Crippen LogP contribution in [0.3, 0.4) is 0 Å². The van der Waals surface area contributed by atoms with Gasteiger partial charge in [-0.3, -0.25) is 0 Å². The first kappa shape index (κ1) is 19.7. The number of nitrogens with two attached hydrogens (primary N) is 1. The lowest BCUT2D eigenvalue weighted by Gasteiger charge is -2.27. The Bertz CT molecular complexity index is 1070. The topological polar surface area (TPSA) is 83.9 Å². The van der Waals surface area contributed by atoms with Crippen LogP contribution in [-0.4, -0.2) is 52.8 Å². The highest BCUT2D eigenvalue weighted by Gasteiger charge is 2.39. The Morgan fingerprint density at radius 2 is 2.17 bits per heavy atom. The summed E-state index contributed by atoms with van der Waals surface area (Å²) in [5.41, 5.74) is 10.1. The number of rotatable bonds is 6. The third-order valence-electron chi connectivity index (χ3n) is 5.99. The molecule has 158 valence electrons. The zero-order valence-corrected chi connectivity index (χ0v) is 18.1. The fraction of sp³-hybridized carbons (Fsp3) is 0.455. The minimum atomic E-state index is -0.550. The highest BCUT2D eigenvalue weighted by Crippen LogP contribution is 2.38. The van der Waals surface area contributed by atoms with Crippen molar-refractivity contribution in [3.8, 4) is 17.0 Å². The van der Waals surface area contributed by atoms with Gasteiger partial charge in [0.05, 0.1) is 30.1 Å². The van der Waals surface area contributed by atoms with E-state index in [1.807, 2.05) is 41.3 Å². The second-order valence-corrected chi connectivity index (χ2v) is 9.13. The van der Waals surface area contributed by atoms with Crippen molar-refractivity contribution >= 4 is 23.1 Å². The number of methoxy groups -OCH3 is 1. The van der Waals surface area contributed by atoms with E-state index in [0.29, 0.717) is 24.9 Å². The van der Waals surface area contributed by atoms with E-state index in [9.17, 15) is 0 Å². The molecule has 2 fully saturated rings. The minimum absolute atomic E-state index is 0.481. The van der Waals surface area contributed by atoms with E-state index in [1.165, 1.54) is 0 Å². The maximum Gasteiger partial charge on any atom is 0.135 e. The summed E-state index contributed by atoms with van der Waals surface area (Å²) in [6, 6.07) is 8.02. The molecule has 0 amide bonds. The normalized spacial score (nSPS) is 21.8. The highest BCUT2D eigenvalue weighted by atomic mass is 32.2. The number of ether oxygens (including phenoxy) is 3. The maximum absolute atomic E-state index is 6.21. The standard InChI is InChI=1S/C22H26N4O3S/c1-14-5-17(19-8-21(23)24-13-26(14)19)18-6-16(29-9-15-10-30-11-15)7-20(25-18)22(27-2)3-4-28-12-22/h5-8,13,15H,3-4,9-12,23H2,1-2H3/t22-/m0/s1. The molecule has 7 nitrogen and oxygen atoms in total. The molecule has 2 N–H and O–H groups in total. The molecular formula is C22H26N4O3S. The highest BCUT2D eigenvalue weighted by molar-refractivity contribution is 8.00. The number of hydrogen-bond acceptors (Lipinski definition) is 7. The molecule has 0 aromatic carbocycles. The molecule has 0 unspecified atom stereocenters. The van der Waals surface area contributed by atoms with Gasteiger partial charge < -0.3 is 24.3 Å². The monoisotopic (exact) mass is 426 g/mol. The van der Waals surface area contributed by atoms with Gasteiger partial charge in [-0.2, -0.15) is 11.8 Å².